The Morgan fingerprint density at radius 2 is 1.70 bits per heavy atom. The second-order valence-corrected chi connectivity index (χ2v) is 12.3. The molecule has 202 valence electrons. The van der Waals surface area contributed by atoms with Gasteiger partial charge in [-0.3, -0.25) is 4.79 Å². The second-order valence-electron chi connectivity index (χ2n) is 10.4. The monoisotopic (exact) mass is 531 g/mol. The molecule has 2 aromatic rings. The molecule has 1 amide bonds. The third-order valence-corrected chi connectivity index (χ3v) is 9.47. The maximum atomic E-state index is 13.8. The molecule has 37 heavy (non-hydrogen) atoms. The van der Waals surface area contributed by atoms with E-state index in [1.54, 1.807) is 42.5 Å². The normalized spacial score (nSPS) is 22.6. The highest BCUT2D eigenvalue weighted by molar-refractivity contribution is 7.89. The molecule has 0 radical (unpaired) electrons. The predicted molar refractivity (Wildman–Crippen MR) is 141 cm³/mol. The van der Waals surface area contributed by atoms with Crippen molar-refractivity contribution in [1.29, 1.82) is 0 Å². The predicted octanol–water partition coefficient (Wildman–Crippen LogP) is 3.97. The van der Waals surface area contributed by atoms with Crippen LogP contribution in [0, 0.1) is 11.7 Å². The molecule has 0 bridgehead atoms. The summed E-state index contributed by atoms with van der Waals surface area (Å²) in [5.41, 5.74) is 0.994. The number of halogens is 1. The van der Waals surface area contributed by atoms with Crippen LogP contribution in [0.3, 0.4) is 0 Å². The number of rotatable bonds is 9. The van der Waals surface area contributed by atoms with Crippen LogP contribution in [0.25, 0.3) is 0 Å². The quantitative estimate of drug-likeness (QED) is 0.530. The fourth-order valence-corrected chi connectivity index (χ4v) is 7.20. The minimum Gasteiger partial charge on any atom is -0.368 e. The van der Waals surface area contributed by atoms with Gasteiger partial charge in [-0.25, -0.2) is 12.8 Å². The molecule has 1 unspecified atom stereocenters. The number of carbonyl (C=O) groups is 1. The smallest absolute Gasteiger partial charge is 0.246 e. The van der Waals surface area contributed by atoms with Crippen molar-refractivity contribution < 1.29 is 22.3 Å². The molecule has 0 spiro atoms. The van der Waals surface area contributed by atoms with Gasteiger partial charge in [0.05, 0.1) is 11.0 Å². The van der Waals surface area contributed by atoms with E-state index in [2.05, 4.69) is 10.2 Å². The van der Waals surface area contributed by atoms with E-state index in [4.69, 9.17) is 4.74 Å². The zero-order valence-electron chi connectivity index (χ0n) is 21.7. The first-order valence-electron chi connectivity index (χ1n) is 13.1. The Bertz CT molecular complexity index is 1130. The van der Waals surface area contributed by atoms with Crippen molar-refractivity contribution in [3.05, 3.63) is 66.0 Å². The van der Waals surface area contributed by atoms with Crippen LogP contribution in [0.5, 0.6) is 0 Å². The van der Waals surface area contributed by atoms with Crippen LogP contribution in [-0.2, 0) is 19.6 Å². The van der Waals surface area contributed by atoms with Crippen LogP contribution in [0.1, 0.15) is 50.1 Å². The maximum Gasteiger partial charge on any atom is 0.246 e. The highest BCUT2D eigenvalue weighted by Crippen LogP contribution is 2.37. The number of sulfonamides is 1. The molecular formula is C28H38FN3O4S. The highest BCUT2D eigenvalue weighted by Gasteiger charge is 2.32. The van der Waals surface area contributed by atoms with Gasteiger partial charge in [0.25, 0.3) is 0 Å². The average molecular weight is 532 g/mol. The van der Waals surface area contributed by atoms with E-state index in [1.165, 1.54) is 10.4 Å². The summed E-state index contributed by atoms with van der Waals surface area (Å²) in [7, 11) is 0.565. The number of piperidine rings is 1. The van der Waals surface area contributed by atoms with E-state index in [-0.39, 0.29) is 36.5 Å². The topological polar surface area (TPSA) is 79.0 Å². The molecule has 1 N–H and O–H groups in total. The van der Waals surface area contributed by atoms with Crippen molar-refractivity contribution in [2.45, 2.75) is 61.6 Å². The largest absolute Gasteiger partial charge is 0.368 e. The number of nitrogens with one attached hydrogen (secondary N) is 1. The van der Waals surface area contributed by atoms with Gasteiger partial charge in [0.1, 0.15) is 12.4 Å². The standard InChI is InChI=1S/C28H38FN3O4S/c1-31(2)28(22-7-6-8-23(29)19-22)21-11-13-24(14-12-21)30-27(33)20-36-25-15-17-32(18-16-25)37(34,35)26-9-4-3-5-10-26/h3-10,19,21,24-25,28H,11-18,20H2,1-2H3,(H,30,33). The van der Waals surface area contributed by atoms with Gasteiger partial charge in [-0.05, 0) is 88.4 Å². The van der Waals surface area contributed by atoms with Gasteiger partial charge >= 0.3 is 0 Å². The van der Waals surface area contributed by atoms with E-state index in [0.29, 0.717) is 36.7 Å². The van der Waals surface area contributed by atoms with Crippen molar-refractivity contribution in [2.75, 3.05) is 33.8 Å². The third-order valence-electron chi connectivity index (χ3n) is 7.56. The lowest BCUT2D eigenvalue weighted by atomic mass is 9.78. The van der Waals surface area contributed by atoms with Crippen molar-refractivity contribution in [3.63, 3.8) is 0 Å². The summed E-state index contributed by atoms with van der Waals surface area (Å²) >= 11 is 0. The highest BCUT2D eigenvalue weighted by atomic mass is 32.2. The number of hydrogen-bond donors (Lipinski definition) is 1. The number of hydrogen-bond acceptors (Lipinski definition) is 5. The zero-order valence-corrected chi connectivity index (χ0v) is 22.5. The molecule has 2 fully saturated rings. The van der Waals surface area contributed by atoms with Gasteiger partial charge in [-0.2, -0.15) is 4.31 Å². The molecule has 1 aliphatic carbocycles. The van der Waals surface area contributed by atoms with Gasteiger partial charge in [0.2, 0.25) is 15.9 Å². The third kappa shape index (κ3) is 7.16. The first kappa shape index (κ1) is 27.7. The molecule has 1 atom stereocenters. The molecule has 7 nitrogen and oxygen atoms in total. The lowest BCUT2D eigenvalue weighted by Gasteiger charge is -2.38. The fourth-order valence-electron chi connectivity index (χ4n) is 5.71. The summed E-state index contributed by atoms with van der Waals surface area (Å²) in [6.45, 7) is 0.747. The lowest BCUT2D eigenvalue weighted by Crippen LogP contribution is -2.43. The second kappa shape index (κ2) is 12.5. The number of nitrogens with zero attached hydrogens (tertiary/aromatic N) is 2. The van der Waals surface area contributed by atoms with E-state index < -0.39 is 10.0 Å². The van der Waals surface area contributed by atoms with Crippen LogP contribution in [0.15, 0.2) is 59.5 Å². The summed E-state index contributed by atoms with van der Waals surface area (Å²) in [5, 5.41) is 3.11. The van der Waals surface area contributed by atoms with Gasteiger partial charge < -0.3 is 15.0 Å². The molecule has 9 heteroatoms. The summed E-state index contributed by atoms with van der Waals surface area (Å²) in [6.07, 6.45) is 4.68. The van der Waals surface area contributed by atoms with E-state index in [0.717, 1.165) is 31.2 Å². The number of carbonyl (C=O) groups excluding carboxylic acids is 1. The van der Waals surface area contributed by atoms with Gasteiger partial charge in [0, 0.05) is 25.2 Å². The van der Waals surface area contributed by atoms with Crippen molar-refractivity contribution >= 4 is 15.9 Å². The van der Waals surface area contributed by atoms with Crippen molar-refractivity contribution in [1.82, 2.24) is 14.5 Å². The van der Waals surface area contributed by atoms with Crippen molar-refractivity contribution in [3.8, 4) is 0 Å². The Labute approximate surface area is 220 Å². The number of benzene rings is 2. The average Bonchev–Trinajstić information content (AvgIpc) is 2.89. The molecule has 0 aromatic heterocycles. The fraction of sp³-hybridized carbons (Fsp3) is 0.536. The minimum absolute atomic E-state index is 0.0142. The maximum absolute atomic E-state index is 13.8. The molecule has 1 aliphatic heterocycles. The first-order chi connectivity index (χ1) is 17.7. The van der Waals surface area contributed by atoms with E-state index >= 15 is 0 Å². The number of ether oxygens (including phenoxy) is 1. The SMILES string of the molecule is CN(C)C(c1cccc(F)c1)C1CCC(NC(=O)COC2CCN(S(=O)(=O)c3ccccc3)CC2)CC1. The molecular weight excluding hydrogens is 493 g/mol. The first-order valence-corrected chi connectivity index (χ1v) is 14.6. The Morgan fingerprint density at radius 3 is 2.32 bits per heavy atom. The van der Waals surface area contributed by atoms with Gasteiger partial charge in [-0.1, -0.05) is 30.3 Å². The lowest BCUT2D eigenvalue weighted by molar-refractivity contribution is -0.129. The van der Waals surface area contributed by atoms with Crippen LogP contribution < -0.4 is 5.32 Å². The van der Waals surface area contributed by atoms with Crippen LogP contribution in [-0.4, -0.2) is 69.5 Å². The Balaban J connectivity index is 1.19. The molecule has 1 saturated carbocycles. The number of amides is 1. The molecule has 4 rings (SSSR count). The van der Waals surface area contributed by atoms with Crippen LogP contribution in [0.4, 0.5) is 4.39 Å². The minimum atomic E-state index is -3.50. The van der Waals surface area contributed by atoms with E-state index in [9.17, 15) is 17.6 Å². The summed E-state index contributed by atoms with van der Waals surface area (Å²) in [6, 6.07) is 15.6. The van der Waals surface area contributed by atoms with E-state index in [1.807, 2.05) is 20.2 Å². The van der Waals surface area contributed by atoms with Crippen molar-refractivity contribution in [2.24, 2.45) is 5.92 Å². The molecule has 1 saturated heterocycles. The Hall–Kier alpha value is -2.33. The summed E-state index contributed by atoms with van der Waals surface area (Å²) in [4.78, 5) is 15.0. The van der Waals surface area contributed by atoms with Crippen LogP contribution >= 0.6 is 0 Å². The zero-order chi connectivity index (χ0) is 26.4. The molecule has 2 aliphatic rings. The summed E-state index contributed by atoms with van der Waals surface area (Å²) < 4.78 is 46.7. The van der Waals surface area contributed by atoms with Crippen LogP contribution in [0.2, 0.25) is 0 Å². The summed E-state index contributed by atoms with van der Waals surface area (Å²) in [5.74, 6) is 0.0596. The molecule has 1 heterocycles. The Morgan fingerprint density at radius 1 is 1.03 bits per heavy atom. The van der Waals surface area contributed by atoms with Gasteiger partial charge in [0.15, 0.2) is 0 Å². The Kier molecular flexibility index (Phi) is 9.34. The van der Waals surface area contributed by atoms with Gasteiger partial charge in [-0.15, -0.1) is 0 Å². The molecule has 2 aromatic carbocycles.